The third kappa shape index (κ3) is 10.8. The van der Waals surface area contributed by atoms with E-state index in [-0.39, 0.29) is 64.3 Å². The SMILES string of the molecule is CC(=O)c1ccc(C(=O)O)o1.CC(=O)c1ccc(C=O)o1.O=C(O)c1ccc(CO)o1.O=Cc1ccc(C=O)o1. The molecule has 0 aromatic carbocycles. The maximum Gasteiger partial charge on any atom is 0.371 e. The molecule has 0 spiro atoms. The molecule has 0 radical (unpaired) electrons. The van der Waals surface area contributed by atoms with Crippen molar-refractivity contribution in [2.24, 2.45) is 0 Å². The van der Waals surface area contributed by atoms with E-state index in [2.05, 4.69) is 13.3 Å². The van der Waals surface area contributed by atoms with E-state index in [1.165, 1.54) is 62.4 Å². The van der Waals surface area contributed by atoms with Gasteiger partial charge in [-0.3, -0.25) is 24.0 Å². The van der Waals surface area contributed by atoms with Crippen LogP contribution in [-0.2, 0) is 6.61 Å². The zero-order chi connectivity index (χ0) is 30.2. The van der Waals surface area contributed by atoms with Crippen molar-refractivity contribution < 1.29 is 66.5 Å². The summed E-state index contributed by atoms with van der Waals surface area (Å²) >= 11 is 0. The molecule has 210 valence electrons. The van der Waals surface area contributed by atoms with Crippen LogP contribution in [0, 0.1) is 0 Å². The summed E-state index contributed by atoms with van der Waals surface area (Å²) in [7, 11) is 0. The molecule has 0 unspecified atom stereocenters. The molecular weight excluding hydrogens is 536 g/mol. The summed E-state index contributed by atoms with van der Waals surface area (Å²) in [5, 5.41) is 25.1. The van der Waals surface area contributed by atoms with Crippen LogP contribution in [0.3, 0.4) is 0 Å². The van der Waals surface area contributed by atoms with Crippen molar-refractivity contribution in [3.8, 4) is 0 Å². The van der Waals surface area contributed by atoms with Crippen LogP contribution in [0.5, 0.6) is 0 Å². The number of carboxylic acid groups (broad SMARTS) is 2. The van der Waals surface area contributed by atoms with E-state index < -0.39 is 11.9 Å². The molecule has 14 nitrogen and oxygen atoms in total. The summed E-state index contributed by atoms with van der Waals surface area (Å²) in [6.07, 6.45) is 1.66. The van der Waals surface area contributed by atoms with Gasteiger partial charge < -0.3 is 33.0 Å². The highest BCUT2D eigenvalue weighted by molar-refractivity contribution is 5.93. The first-order valence-electron chi connectivity index (χ1n) is 10.8. The summed E-state index contributed by atoms with van der Waals surface area (Å²) in [6.45, 7) is 2.42. The lowest BCUT2D eigenvalue weighted by Crippen LogP contribution is -1.93. The summed E-state index contributed by atoms with van der Waals surface area (Å²) < 4.78 is 18.7. The van der Waals surface area contributed by atoms with Gasteiger partial charge in [0, 0.05) is 13.8 Å². The van der Waals surface area contributed by atoms with Gasteiger partial charge in [-0.25, -0.2) is 9.59 Å². The number of aliphatic hydroxyl groups is 1. The van der Waals surface area contributed by atoms with E-state index in [1.54, 1.807) is 0 Å². The Kier molecular flexibility index (Phi) is 13.2. The number of hydrogen-bond donors (Lipinski definition) is 3. The molecule has 4 heterocycles. The van der Waals surface area contributed by atoms with Crippen molar-refractivity contribution in [2.75, 3.05) is 0 Å². The molecule has 3 N–H and O–H groups in total. The number of aliphatic hydroxyl groups excluding tert-OH is 1. The van der Waals surface area contributed by atoms with Gasteiger partial charge in [0.05, 0.1) is 0 Å². The second-order valence-corrected chi connectivity index (χ2v) is 7.11. The Morgan fingerprint density at radius 2 is 0.950 bits per heavy atom. The second kappa shape index (κ2) is 16.3. The number of carboxylic acids is 2. The van der Waals surface area contributed by atoms with Crippen molar-refractivity contribution in [2.45, 2.75) is 20.5 Å². The van der Waals surface area contributed by atoms with Crippen LogP contribution in [0.2, 0.25) is 0 Å². The van der Waals surface area contributed by atoms with E-state index in [0.29, 0.717) is 18.9 Å². The minimum atomic E-state index is -1.17. The molecule has 0 aliphatic carbocycles. The van der Waals surface area contributed by atoms with Gasteiger partial charge in [0.15, 0.2) is 59.2 Å². The van der Waals surface area contributed by atoms with Crippen LogP contribution in [0.4, 0.5) is 0 Å². The maximum atomic E-state index is 10.6. The van der Waals surface area contributed by atoms with E-state index in [9.17, 15) is 33.6 Å². The summed E-state index contributed by atoms with van der Waals surface area (Å²) in [4.78, 5) is 71.4. The molecule has 0 aliphatic rings. The molecule has 4 aromatic heterocycles. The molecule has 0 bridgehead atoms. The third-order valence-electron chi connectivity index (χ3n) is 4.16. The largest absolute Gasteiger partial charge is 0.475 e. The highest BCUT2D eigenvalue weighted by Gasteiger charge is 2.11. The Labute approximate surface area is 224 Å². The quantitative estimate of drug-likeness (QED) is 0.206. The van der Waals surface area contributed by atoms with E-state index in [0.717, 1.165) is 0 Å². The van der Waals surface area contributed by atoms with Gasteiger partial charge in [0.2, 0.25) is 11.5 Å². The fraction of sp³-hybridized carbons (Fsp3) is 0.115. The summed E-state index contributed by atoms with van der Waals surface area (Å²) in [5.74, 6) is -2.01. The smallest absolute Gasteiger partial charge is 0.371 e. The number of furan rings is 4. The maximum absolute atomic E-state index is 10.6. The lowest BCUT2D eigenvalue weighted by Gasteiger charge is -1.85. The molecule has 40 heavy (non-hydrogen) atoms. The predicted octanol–water partition coefficient (Wildman–Crippen LogP) is 3.85. The third-order valence-corrected chi connectivity index (χ3v) is 4.16. The standard InChI is InChI=1S/C7H6O4.C7H6O3.C6H6O4.C6H4O3/c1-4(8)5-2-3-6(11-5)7(9)10;1-5(9)7-3-2-6(4-8)10-7;7-3-4-1-2-5(10-4)6(8)9;7-3-5-1-2-6(4-8)9-5/h2-3H,1H3,(H,9,10);2-4H,1H3;1-2,7H,3H2,(H,8,9);1-4H. The highest BCUT2D eigenvalue weighted by atomic mass is 16.4. The topological polar surface area (TPSA) is 233 Å². The molecule has 14 heteroatoms. The van der Waals surface area contributed by atoms with Gasteiger partial charge in [-0.05, 0) is 48.5 Å². The molecule has 0 amide bonds. The zero-order valence-electron chi connectivity index (χ0n) is 20.9. The van der Waals surface area contributed by atoms with Crippen LogP contribution < -0.4 is 0 Å². The van der Waals surface area contributed by atoms with Crippen molar-refractivity contribution in [3.05, 3.63) is 94.6 Å². The number of ketones is 2. The first kappa shape index (κ1) is 32.4. The number of hydrogen-bond acceptors (Lipinski definition) is 12. The van der Waals surface area contributed by atoms with Gasteiger partial charge in [0.1, 0.15) is 12.4 Å². The van der Waals surface area contributed by atoms with Crippen LogP contribution in [0.15, 0.2) is 66.2 Å². The minimum Gasteiger partial charge on any atom is -0.475 e. The fourth-order valence-electron chi connectivity index (χ4n) is 2.32. The minimum absolute atomic E-state index is 0.0717. The summed E-state index contributed by atoms with van der Waals surface area (Å²) in [5.41, 5.74) is 0. The number of carbonyl (C=O) groups is 7. The van der Waals surface area contributed by atoms with Crippen LogP contribution in [0.25, 0.3) is 0 Å². The number of carbonyl (C=O) groups excluding carboxylic acids is 5. The number of aldehydes is 3. The van der Waals surface area contributed by atoms with Crippen molar-refractivity contribution >= 4 is 42.4 Å². The average Bonchev–Trinajstić information content (AvgIpc) is 3.75. The zero-order valence-corrected chi connectivity index (χ0v) is 20.9. The van der Waals surface area contributed by atoms with Crippen molar-refractivity contribution in [3.63, 3.8) is 0 Å². The van der Waals surface area contributed by atoms with Crippen LogP contribution in [0.1, 0.15) is 93.5 Å². The summed E-state index contributed by atoms with van der Waals surface area (Å²) in [6, 6.07) is 11.1. The normalized spacial score (nSPS) is 9.38. The fourth-order valence-corrected chi connectivity index (χ4v) is 2.32. The highest BCUT2D eigenvalue weighted by Crippen LogP contribution is 2.08. The van der Waals surface area contributed by atoms with Crippen molar-refractivity contribution in [1.82, 2.24) is 0 Å². The Morgan fingerprint density at radius 3 is 1.23 bits per heavy atom. The molecule has 0 atom stereocenters. The molecular formula is C26H22O14. The monoisotopic (exact) mass is 558 g/mol. The van der Waals surface area contributed by atoms with Gasteiger partial charge in [0.25, 0.3) is 0 Å². The van der Waals surface area contributed by atoms with E-state index in [1.807, 2.05) is 0 Å². The molecule has 4 aromatic rings. The molecule has 0 saturated carbocycles. The Bertz CT molecular complexity index is 1410. The first-order chi connectivity index (χ1) is 18.9. The van der Waals surface area contributed by atoms with E-state index in [4.69, 9.17) is 19.7 Å². The van der Waals surface area contributed by atoms with E-state index >= 15 is 0 Å². The number of Topliss-reactive ketones (excluding diaryl/α,β-unsaturated/α-hetero) is 2. The molecule has 0 aliphatic heterocycles. The Balaban J connectivity index is 0.000000267. The number of aromatic carboxylic acids is 2. The number of rotatable bonds is 8. The molecule has 0 fully saturated rings. The van der Waals surface area contributed by atoms with Crippen molar-refractivity contribution in [1.29, 1.82) is 0 Å². The average molecular weight is 558 g/mol. The van der Waals surface area contributed by atoms with Gasteiger partial charge in [-0.2, -0.15) is 0 Å². The second-order valence-electron chi connectivity index (χ2n) is 7.11. The first-order valence-corrected chi connectivity index (χ1v) is 10.8. The van der Waals surface area contributed by atoms with Gasteiger partial charge in [-0.15, -0.1) is 0 Å². The Hall–Kier alpha value is -5.63. The lowest BCUT2D eigenvalue weighted by atomic mass is 10.3. The van der Waals surface area contributed by atoms with Gasteiger partial charge >= 0.3 is 11.9 Å². The lowest BCUT2D eigenvalue weighted by molar-refractivity contribution is 0.0648. The predicted molar refractivity (Wildman–Crippen MR) is 131 cm³/mol. The molecule has 4 rings (SSSR count). The van der Waals surface area contributed by atoms with Gasteiger partial charge in [-0.1, -0.05) is 0 Å². The molecule has 0 saturated heterocycles. The van der Waals surface area contributed by atoms with Crippen LogP contribution in [-0.4, -0.2) is 57.7 Å². The Morgan fingerprint density at radius 1 is 0.575 bits per heavy atom. The van der Waals surface area contributed by atoms with Crippen LogP contribution >= 0.6 is 0 Å².